The van der Waals surface area contributed by atoms with E-state index in [0.29, 0.717) is 28.9 Å². The van der Waals surface area contributed by atoms with Crippen molar-refractivity contribution in [3.8, 4) is 11.5 Å². The molecular weight excluding hydrogens is 430 g/mol. The first kappa shape index (κ1) is 22.1. The first-order chi connectivity index (χ1) is 15.4. The Morgan fingerprint density at radius 2 is 2.03 bits per heavy atom. The van der Waals surface area contributed by atoms with Crippen molar-refractivity contribution >= 4 is 23.3 Å². The van der Waals surface area contributed by atoms with Crippen molar-refractivity contribution in [2.45, 2.75) is 31.4 Å². The fourth-order valence-corrected chi connectivity index (χ4v) is 4.00. The number of carboxylic acid groups (broad SMARTS) is 1. The highest BCUT2D eigenvalue weighted by Crippen LogP contribution is 2.30. The van der Waals surface area contributed by atoms with Gasteiger partial charge in [-0.2, -0.15) is 0 Å². The van der Waals surface area contributed by atoms with Gasteiger partial charge < -0.3 is 26.0 Å². The number of halogens is 1. The third-order valence-corrected chi connectivity index (χ3v) is 5.78. The lowest BCUT2D eigenvalue weighted by molar-refractivity contribution is 0.0696. The van der Waals surface area contributed by atoms with Gasteiger partial charge in [0.05, 0.1) is 11.7 Å². The van der Waals surface area contributed by atoms with Gasteiger partial charge in [-0.3, -0.25) is 0 Å². The minimum Gasteiger partial charge on any atom is -0.478 e. The van der Waals surface area contributed by atoms with Crippen molar-refractivity contribution in [2.75, 3.05) is 12.3 Å². The number of rotatable bonds is 7. The largest absolute Gasteiger partial charge is 0.478 e. The van der Waals surface area contributed by atoms with E-state index in [4.69, 9.17) is 22.1 Å². The number of carboxylic acids is 1. The molecule has 5 N–H and O–H groups in total. The van der Waals surface area contributed by atoms with Gasteiger partial charge in [0, 0.05) is 36.1 Å². The summed E-state index contributed by atoms with van der Waals surface area (Å²) in [5.74, 6) is -0.0516. The number of fused-ring (bicyclic) bond motifs is 1. The maximum Gasteiger partial charge on any atom is 0.335 e. The van der Waals surface area contributed by atoms with E-state index in [9.17, 15) is 15.0 Å². The number of carbonyl (C=O) groups is 1. The van der Waals surface area contributed by atoms with Crippen LogP contribution in [0.3, 0.4) is 0 Å². The van der Waals surface area contributed by atoms with Gasteiger partial charge in [-0.15, -0.1) is 0 Å². The SMILES string of the molecule is Nc1cc(Oc2ccc3c(c2)C[C@@H](NC[C@H](O)c2ccc(Cl)nc2)CC3)cc(C(=O)O)c1. The number of aryl methyl sites for hydroxylation is 1. The third-order valence-electron chi connectivity index (χ3n) is 5.55. The van der Waals surface area contributed by atoms with Gasteiger partial charge in [0.15, 0.2) is 0 Å². The van der Waals surface area contributed by atoms with Crippen molar-refractivity contribution in [1.29, 1.82) is 0 Å². The average Bonchev–Trinajstić information content (AvgIpc) is 2.77. The maximum absolute atomic E-state index is 11.3. The van der Waals surface area contributed by atoms with Gasteiger partial charge in [0.1, 0.15) is 16.7 Å². The van der Waals surface area contributed by atoms with Crippen LogP contribution in [-0.4, -0.2) is 33.8 Å². The van der Waals surface area contributed by atoms with Crippen LogP contribution in [0.2, 0.25) is 5.15 Å². The van der Waals surface area contributed by atoms with E-state index >= 15 is 0 Å². The molecule has 2 aromatic carbocycles. The number of hydrogen-bond donors (Lipinski definition) is 4. The zero-order valence-electron chi connectivity index (χ0n) is 17.3. The number of nitrogens with two attached hydrogens (primary N) is 1. The summed E-state index contributed by atoms with van der Waals surface area (Å²) in [6.07, 6.45) is 3.61. The Morgan fingerprint density at radius 3 is 2.78 bits per heavy atom. The highest BCUT2D eigenvalue weighted by atomic mass is 35.5. The van der Waals surface area contributed by atoms with Crippen molar-refractivity contribution in [3.05, 3.63) is 82.1 Å². The van der Waals surface area contributed by atoms with Crippen LogP contribution >= 0.6 is 11.6 Å². The summed E-state index contributed by atoms with van der Waals surface area (Å²) in [5, 5.41) is 23.5. The number of ether oxygens (including phenoxy) is 1. The summed E-state index contributed by atoms with van der Waals surface area (Å²) in [5.41, 5.74) is 9.36. The van der Waals surface area contributed by atoms with E-state index in [-0.39, 0.29) is 11.6 Å². The number of nitrogens with zero attached hydrogens (tertiary/aromatic N) is 1. The van der Waals surface area contributed by atoms with Crippen LogP contribution in [-0.2, 0) is 12.8 Å². The molecule has 32 heavy (non-hydrogen) atoms. The Balaban J connectivity index is 1.40. The van der Waals surface area contributed by atoms with Gasteiger partial charge in [0.25, 0.3) is 0 Å². The van der Waals surface area contributed by atoms with Gasteiger partial charge in [-0.05, 0) is 60.7 Å². The van der Waals surface area contributed by atoms with Gasteiger partial charge >= 0.3 is 5.97 Å². The van der Waals surface area contributed by atoms with E-state index in [2.05, 4.69) is 10.3 Å². The van der Waals surface area contributed by atoms with Gasteiger partial charge in [-0.25, -0.2) is 9.78 Å². The molecule has 0 spiro atoms. The molecule has 0 saturated heterocycles. The zero-order chi connectivity index (χ0) is 22.7. The number of aliphatic hydroxyl groups is 1. The highest BCUT2D eigenvalue weighted by molar-refractivity contribution is 6.29. The molecule has 3 aromatic rings. The number of aliphatic hydroxyl groups excluding tert-OH is 1. The molecular formula is C24H24ClN3O4. The lowest BCUT2D eigenvalue weighted by atomic mass is 9.88. The second kappa shape index (κ2) is 9.56. The first-order valence-electron chi connectivity index (χ1n) is 10.3. The van der Waals surface area contributed by atoms with Crippen LogP contribution in [0, 0.1) is 0 Å². The van der Waals surface area contributed by atoms with Crippen molar-refractivity contribution in [1.82, 2.24) is 10.3 Å². The van der Waals surface area contributed by atoms with Crippen LogP contribution in [0.25, 0.3) is 0 Å². The number of pyridine rings is 1. The smallest absolute Gasteiger partial charge is 0.335 e. The Morgan fingerprint density at radius 1 is 1.19 bits per heavy atom. The molecule has 7 nitrogen and oxygen atoms in total. The molecule has 2 atom stereocenters. The normalized spacial score (nSPS) is 16.2. The lowest BCUT2D eigenvalue weighted by Crippen LogP contribution is -2.37. The number of aromatic carboxylic acids is 1. The van der Waals surface area contributed by atoms with Crippen LogP contribution in [0.15, 0.2) is 54.7 Å². The molecule has 4 rings (SSSR count). The monoisotopic (exact) mass is 453 g/mol. The molecule has 1 aliphatic rings. The van der Waals surface area contributed by atoms with Gasteiger partial charge in [0.2, 0.25) is 0 Å². The summed E-state index contributed by atoms with van der Waals surface area (Å²) >= 11 is 5.81. The lowest BCUT2D eigenvalue weighted by Gasteiger charge is -2.27. The Kier molecular flexibility index (Phi) is 6.60. The summed E-state index contributed by atoms with van der Waals surface area (Å²) in [4.78, 5) is 15.3. The van der Waals surface area contributed by atoms with Crippen molar-refractivity contribution in [2.24, 2.45) is 0 Å². The van der Waals surface area contributed by atoms with E-state index in [0.717, 1.165) is 30.4 Å². The average molecular weight is 454 g/mol. The molecule has 166 valence electrons. The Labute approximate surface area is 190 Å². The molecule has 0 aliphatic heterocycles. The minimum atomic E-state index is -1.06. The second-order valence-corrected chi connectivity index (χ2v) is 8.29. The van der Waals surface area contributed by atoms with E-state index < -0.39 is 12.1 Å². The topological polar surface area (TPSA) is 118 Å². The molecule has 0 radical (unpaired) electrons. The Bertz CT molecular complexity index is 1120. The molecule has 0 bridgehead atoms. The molecule has 0 saturated carbocycles. The first-order valence-corrected chi connectivity index (χ1v) is 10.7. The minimum absolute atomic E-state index is 0.0802. The second-order valence-electron chi connectivity index (χ2n) is 7.91. The molecule has 1 aromatic heterocycles. The van der Waals surface area contributed by atoms with Crippen molar-refractivity contribution < 1.29 is 19.7 Å². The molecule has 0 amide bonds. The van der Waals surface area contributed by atoms with Crippen LogP contribution in [0.5, 0.6) is 11.5 Å². The van der Waals surface area contributed by atoms with Crippen LogP contribution < -0.4 is 15.8 Å². The number of hydrogen-bond acceptors (Lipinski definition) is 6. The quantitative estimate of drug-likeness (QED) is 0.315. The molecule has 1 heterocycles. The zero-order valence-corrected chi connectivity index (χ0v) is 18.0. The molecule has 0 fully saturated rings. The molecule has 1 aliphatic carbocycles. The highest BCUT2D eigenvalue weighted by Gasteiger charge is 2.20. The van der Waals surface area contributed by atoms with E-state index in [1.54, 1.807) is 24.4 Å². The fourth-order valence-electron chi connectivity index (χ4n) is 3.89. The van der Waals surface area contributed by atoms with Crippen molar-refractivity contribution in [3.63, 3.8) is 0 Å². The number of anilines is 1. The third kappa shape index (κ3) is 5.37. The summed E-state index contributed by atoms with van der Waals surface area (Å²) in [6.45, 7) is 0.417. The maximum atomic E-state index is 11.3. The molecule has 8 heteroatoms. The fraction of sp³-hybridized carbons (Fsp3) is 0.250. The molecule has 0 unspecified atom stereocenters. The number of benzene rings is 2. The van der Waals surface area contributed by atoms with E-state index in [1.807, 2.05) is 18.2 Å². The number of nitrogen functional groups attached to an aromatic ring is 1. The van der Waals surface area contributed by atoms with Gasteiger partial charge in [-0.1, -0.05) is 23.7 Å². The number of aromatic nitrogens is 1. The summed E-state index contributed by atoms with van der Waals surface area (Å²) in [7, 11) is 0. The summed E-state index contributed by atoms with van der Waals surface area (Å²) < 4.78 is 5.90. The van der Waals surface area contributed by atoms with Crippen LogP contribution in [0.1, 0.15) is 39.6 Å². The Hall–Kier alpha value is -3.13. The summed E-state index contributed by atoms with van der Waals surface area (Å²) in [6, 6.07) is 14.0. The predicted molar refractivity (Wildman–Crippen MR) is 122 cm³/mol. The predicted octanol–water partition coefficient (Wildman–Crippen LogP) is 3.99. The number of nitrogens with one attached hydrogen (secondary N) is 1. The van der Waals surface area contributed by atoms with Crippen LogP contribution in [0.4, 0.5) is 5.69 Å². The standard InChI is InChI=1S/C24H24ClN3O4/c25-23-6-3-15(12-28-23)22(29)13-27-19-4-1-14-2-5-20(9-16(14)8-19)32-21-10-17(24(30)31)7-18(26)11-21/h2-3,5-7,9-12,19,22,27,29H,1,4,8,13,26H2,(H,30,31)/t19-,22-/m0/s1. The van der Waals surface area contributed by atoms with E-state index in [1.165, 1.54) is 17.7 Å².